The van der Waals surface area contributed by atoms with Crippen LogP contribution >= 0.6 is 0 Å². The number of aliphatic hydroxyl groups is 2. The molecule has 0 spiro atoms. The minimum atomic E-state index is -2.48. The SMILES string of the molecule is C.CC[C@@H]1/C=C(\C)C[C@H](C)C[C@H](OC)[C@H]2O[C@@](O)(C(=O)C(=O)N3CCCC[C@H]3C(=O)O[C@H](/C(C)=C/[C@@H]3CCC[C@H](OC)C3)[C@H](C)[C@@H](O)C/C1=N/O)[C@H](C)C[C@@H]2OC. The summed E-state index contributed by atoms with van der Waals surface area (Å²) in [5.74, 6) is -6.77. The number of ether oxygens (including phenoxy) is 5. The van der Waals surface area contributed by atoms with Gasteiger partial charge in [0, 0.05) is 52.0 Å². The molecular weight excluding hydrogens is 732 g/mol. The number of Topliss-reactive ketones (excluding diaryl/α,β-unsaturated/α-hetero) is 1. The van der Waals surface area contributed by atoms with E-state index in [4.69, 9.17) is 23.7 Å². The molecule has 3 fully saturated rings. The van der Waals surface area contributed by atoms with Crippen LogP contribution in [0.4, 0.5) is 0 Å². The van der Waals surface area contributed by atoms with Crippen molar-refractivity contribution < 1.29 is 53.5 Å². The van der Waals surface area contributed by atoms with Gasteiger partial charge in [-0.25, -0.2) is 4.79 Å². The molecule has 4 aliphatic rings. The summed E-state index contributed by atoms with van der Waals surface area (Å²) in [4.78, 5) is 44.0. The van der Waals surface area contributed by atoms with Gasteiger partial charge in [0.1, 0.15) is 18.2 Å². The molecule has 0 aromatic heterocycles. The molecule has 13 nitrogen and oxygen atoms in total. The number of allylic oxidation sites excluding steroid dienone is 3. The third-order valence-corrected chi connectivity index (χ3v) is 12.9. The average molecular weight is 807 g/mol. The normalized spacial score (nSPS) is 40.2. The maximum atomic E-state index is 14.3. The third-order valence-electron chi connectivity index (χ3n) is 12.9. The van der Waals surface area contributed by atoms with Crippen LogP contribution in [0.15, 0.2) is 28.5 Å². The number of oxime groups is 1. The number of ketones is 1. The lowest BCUT2D eigenvalue weighted by atomic mass is 9.82. The minimum Gasteiger partial charge on any atom is -0.456 e. The molecule has 3 heterocycles. The topological polar surface area (TPSA) is 174 Å². The monoisotopic (exact) mass is 807 g/mol. The highest BCUT2D eigenvalue weighted by Gasteiger charge is 2.56. The van der Waals surface area contributed by atoms with Gasteiger partial charge in [-0.2, -0.15) is 0 Å². The van der Waals surface area contributed by atoms with Crippen LogP contribution in [-0.4, -0.2) is 120 Å². The van der Waals surface area contributed by atoms with Crippen molar-refractivity contribution in [2.24, 2.45) is 34.7 Å². The second-order valence-corrected chi connectivity index (χ2v) is 17.2. The fraction of sp³-hybridized carbons (Fsp3) is 0.818. The van der Waals surface area contributed by atoms with Crippen LogP contribution in [0.2, 0.25) is 0 Å². The van der Waals surface area contributed by atoms with Crippen molar-refractivity contribution in [2.45, 2.75) is 174 Å². The summed E-state index contributed by atoms with van der Waals surface area (Å²) in [7, 11) is 4.81. The molecule has 1 aliphatic carbocycles. The molecule has 4 rings (SSSR count). The van der Waals surface area contributed by atoms with Crippen LogP contribution in [0.25, 0.3) is 0 Å². The van der Waals surface area contributed by atoms with Gasteiger partial charge in [-0.1, -0.05) is 64.4 Å². The summed E-state index contributed by atoms with van der Waals surface area (Å²) in [6.07, 6.45) is 7.66. The lowest BCUT2D eigenvalue weighted by Crippen LogP contribution is -2.64. The Balaban J connectivity index is 0.00000870. The number of esters is 1. The van der Waals surface area contributed by atoms with Gasteiger partial charge in [0.05, 0.1) is 30.1 Å². The average Bonchev–Trinajstić information content (AvgIpc) is 3.19. The molecule has 0 unspecified atom stereocenters. The zero-order valence-corrected chi connectivity index (χ0v) is 35.3. The number of hydrogen-bond donors (Lipinski definition) is 3. The molecule has 1 saturated carbocycles. The van der Waals surface area contributed by atoms with Gasteiger partial charge >= 0.3 is 5.97 Å². The van der Waals surface area contributed by atoms with Gasteiger partial charge in [0.2, 0.25) is 5.79 Å². The highest BCUT2D eigenvalue weighted by molar-refractivity contribution is 6.39. The molecular formula is C44H74N2O11. The largest absolute Gasteiger partial charge is 0.456 e. The Morgan fingerprint density at radius 2 is 1.67 bits per heavy atom. The number of carbonyl (C=O) groups excluding carboxylic acids is 3. The van der Waals surface area contributed by atoms with E-state index in [0.717, 1.165) is 36.8 Å². The van der Waals surface area contributed by atoms with E-state index in [0.29, 0.717) is 37.8 Å². The van der Waals surface area contributed by atoms with Crippen LogP contribution < -0.4 is 0 Å². The predicted molar refractivity (Wildman–Crippen MR) is 218 cm³/mol. The van der Waals surface area contributed by atoms with Crippen molar-refractivity contribution >= 4 is 23.4 Å². The molecule has 0 aromatic carbocycles. The summed E-state index contributed by atoms with van der Waals surface area (Å²) in [6.45, 7) is 11.6. The molecule has 1 amide bonds. The molecule has 13 atom stereocenters. The quantitative estimate of drug-likeness (QED) is 0.0892. The molecule has 13 heteroatoms. The van der Waals surface area contributed by atoms with E-state index < -0.39 is 71.8 Å². The Morgan fingerprint density at radius 1 is 0.982 bits per heavy atom. The lowest BCUT2D eigenvalue weighted by molar-refractivity contribution is -0.302. The number of rotatable bonds is 6. The first kappa shape index (κ1) is 48.7. The Morgan fingerprint density at radius 3 is 2.30 bits per heavy atom. The second kappa shape index (κ2) is 22.1. The molecule has 0 radical (unpaired) electrons. The fourth-order valence-electron chi connectivity index (χ4n) is 9.52. The summed E-state index contributed by atoms with van der Waals surface area (Å²) >= 11 is 0. The van der Waals surface area contributed by atoms with Crippen molar-refractivity contribution in [3.8, 4) is 0 Å². The number of piperidine rings is 1. The molecule has 57 heavy (non-hydrogen) atoms. The van der Waals surface area contributed by atoms with E-state index in [1.165, 1.54) is 4.90 Å². The molecule has 0 aromatic rings. The number of amides is 1. The number of nitrogens with zero attached hydrogens (tertiary/aromatic N) is 2. The molecule has 326 valence electrons. The number of carbonyl (C=O) groups is 3. The maximum absolute atomic E-state index is 14.3. The third kappa shape index (κ3) is 11.8. The van der Waals surface area contributed by atoms with Crippen molar-refractivity contribution in [2.75, 3.05) is 27.9 Å². The van der Waals surface area contributed by atoms with Crippen LogP contribution in [0.1, 0.15) is 126 Å². The molecule has 3 aliphatic heterocycles. The van der Waals surface area contributed by atoms with Crippen molar-refractivity contribution in [1.82, 2.24) is 4.90 Å². The van der Waals surface area contributed by atoms with Crippen LogP contribution in [0.5, 0.6) is 0 Å². The second-order valence-electron chi connectivity index (χ2n) is 17.2. The standard InChI is InChI=1S/C43H70N2O11.CH4/c1-10-31-19-25(2)18-26(3)20-36(53-8)39-37(54-9)22-28(5)43(50,56-39)40(47)41(48)45-17-12-11-16-34(45)42(49)55-38(29(6)35(46)24-33(31)44-51)27(4)21-30-14-13-15-32(23-30)52-7;/h19,21,26,28-32,34-39,46,50-51H,10-18,20,22-24H2,1-9H3;1H4/b25-19+,27-21+,44-33-;/t26-,28+,29+,30-,31+,32-,34-,35-,36-,37-,38+,39+,43+;/m0./s1. The van der Waals surface area contributed by atoms with E-state index in [9.17, 15) is 29.8 Å². The van der Waals surface area contributed by atoms with E-state index in [2.05, 4.69) is 24.2 Å². The van der Waals surface area contributed by atoms with Gasteiger partial charge in [-0.3, -0.25) is 9.59 Å². The number of methoxy groups -OCH3 is 3. The number of cyclic esters (lactones) is 1. The van der Waals surface area contributed by atoms with E-state index >= 15 is 0 Å². The van der Waals surface area contributed by atoms with E-state index in [1.54, 1.807) is 28.3 Å². The van der Waals surface area contributed by atoms with Gasteiger partial charge in [0.15, 0.2) is 0 Å². The smallest absolute Gasteiger partial charge is 0.329 e. The summed E-state index contributed by atoms with van der Waals surface area (Å²) < 4.78 is 30.0. The Bertz CT molecular complexity index is 1430. The van der Waals surface area contributed by atoms with Gasteiger partial charge < -0.3 is 44.0 Å². The molecule has 3 N–H and O–H groups in total. The lowest BCUT2D eigenvalue weighted by Gasteiger charge is -2.47. The summed E-state index contributed by atoms with van der Waals surface area (Å²) in [6, 6.07) is -1.09. The predicted octanol–water partition coefficient (Wildman–Crippen LogP) is 6.40. The summed E-state index contributed by atoms with van der Waals surface area (Å²) in [5, 5.41) is 37.8. The summed E-state index contributed by atoms with van der Waals surface area (Å²) in [5.41, 5.74) is 2.24. The number of fused-ring (bicyclic) bond motifs is 3. The highest BCUT2D eigenvalue weighted by Crippen LogP contribution is 2.39. The minimum absolute atomic E-state index is 0. The highest BCUT2D eigenvalue weighted by atomic mass is 16.7. The zero-order chi connectivity index (χ0) is 41.3. The van der Waals surface area contributed by atoms with Crippen LogP contribution in [0.3, 0.4) is 0 Å². The van der Waals surface area contributed by atoms with Gasteiger partial charge in [-0.15, -0.1) is 0 Å². The molecule has 2 bridgehead atoms. The van der Waals surface area contributed by atoms with Gasteiger partial charge in [-0.05, 0) is 95.5 Å². The first-order valence-corrected chi connectivity index (χ1v) is 20.9. The molecule has 2 saturated heterocycles. The van der Waals surface area contributed by atoms with Crippen molar-refractivity contribution in [3.63, 3.8) is 0 Å². The van der Waals surface area contributed by atoms with Crippen LogP contribution in [0, 0.1) is 29.6 Å². The van der Waals surface area contributed by atoms with Crippen molar-refractivity contribution in [1.29, 1.82) is 0 Å². The number of aliphatic hydroxyl groups excluding tert-OH is 1. The van der Waals surface area contributed by atoms with Crippen LogP contribution in [-0.2, 0) is 38.1 Å². The Hall–Kier alpha value is -2.68. The Labute approximate surface area is 341 Å². The Kier molecular flexibility index (Phi) is 18.9. The van der Waals surface area contributed by atoms with E-state index in [1.807, 2.05) is 27.7 Å². The number of hydrogen-bond acceptors (Lipinski definition) is 12. The first-order valence-electron chi connectivity index (χ1n) is 20.9. The first-order chi connectivity index (χ1) is 26.6. The fourth-order valence-corrected chi connectivity index (χ4v) is 9.52. The van der Waals surface area contributed by atoms with Crippen molar-refractivity contribution in [3.05, 3.63) is 23.3 Å². The maximum Gasteiger partial charge on any atom is 0.329 e. The zero-order valence-electron chi connectivity index (χ0n) is 35.3. The van der Waals surface area contributed by atoms with Gasteiger partial charge in [0.25, 0.3) is 11.7 Å². The van der Waals surface area contributed by atoms with E-state index in [-0.39, 0.29) is 57.1 Å².